The van der Waals surface area contributed by atoms with Gasteiger partial charge in [-0.15, -0.1) is 0 Å². The standard InChI is InChI=1S/C11H14O/c12-11-6-7-5-10(11)9-4-2-1-3-8(7)9/h1-2,7-10H,3-6H2/t7-,8-,9-,10-/m1/s1. The van der Waals surface area contributed by atoms with Crippen LogP contribution in [0.5, 0.6) is 0 Å². The number of ketones is 1. The molecule has 0 saturated heterocycles. The molecule has 3 aliphatic rings. The first-order valence-corrected chi connectivity index (χ1v) is 5.04. The van der Waals surface area contributed by atoms with Crippen molar-refractivity contribution in [1.29, 1.82) is 0 Å². The average molecular weight is 162 g/mol. The van der Waals surface area contributed by atoms with Crippen LogP contribution in [0, 0.1) is 23.7 Å². The van der Waals surface area contributed by atoms with Gasteiger partial charge in [0.15, 0.2) is 0 Å². The summed E-state index contributed by atoms with van der Waals surface area (Å²) >= 11 is 0. The van der Waals surface area contributed by atoms with E-state index in [0.29, 0.717) is 11.7 Å². The second-order valence-corrected chi connectivity index (χ2v) is 4.54. The summed E-state index contributed by atoms with van der Waals surface area (Å²) in [4.78, 5) is 11.5. The number of carbonyl (C=O) groups excluding carboxylic acids is 1. The van der Waals surface area contributed by atoms with E-state index in [1.165, 1.54) is 19.3 Å². The average Bonchev–Trinajstić information content (AvgIpc) is 2.62. The minimum absolute atomic E-state index is 0.463. The third kappa shape index (κ3) is 0.720. The molecule has 0 unspecified atom stereocenters. The third-order valence-electron chi connectivity index (χ3n) is 4.09. The molecule has 0 amide bonds. The van der Waals surface area contributed by atoms with Gasteiger partial charge in [-0.25, -0.2) is 0 Å². The van der Waals surface area contributed by atoms with Crippen LogP contribution in [0.2, 0.25) is 0 Å². The van der Waals surface area contributed by atoms with Crippen molar-refractivity contribution in [3.63, 3.8) is 0 Å². The van der Waals surface area contributed by atoms with Gasteiger partial charge in [-0.1, -0.05) is 12.2 Å². The van der Waals surface area contributed by atoms with Crippen LogP contribution in [-0.2, 0) is 4.79 Å². The van der Waals surface area contributed by atoms with E-state index in [1.807, 2.05) is 0 Å². The second-order valence-electron chi connectivity index (χ2n) is 4.54. The molecule has 1 nitrogen and oxygen atoms in total. The molecule has 0 aromatic carbocycles. The lowest BCUT2D eigenvalue weighted by atomic mass is 9.73. The number of carbonyl (C=O) groups is 1. The maximum Gasteiger partial charge on any atom is 0.136 e. The zero-order chi connectivity index (χ0) is 8.13. The molecule has 0 N–H and O–H groups in total. The predicted octanol–water partition coefficient (Wildman–Crippen LogP) is 2.18. The molecule has 1 heteroatoms. The van der Waals surface area contributed by atoms with Gasteiger partial charge in [0.2, 0.25) is 0 Å². The lowest BCUT2D eigenvalue weighted by Crippen LogP contribution is -2.29. The highest BCUT2D eigenvalue weighted by atomic mass is 16.1. The van der Waals surface area contributed by atoms with Crippen LogP contribution in [-0.4, -0.2) is 5.78 Å². The van der Waals surface area contributed by atoms with E-state index in [2.05, 4.69) is 12.2 Å². The van der Waals surface area contributed by atoms with Gasteiger partial charge in [0.1, 0.15) is 5.78 Å². The molecular formula is C11H14O. The molecule has 2 bridgehead atoms. The van der Waals surface area contributed by atoms with Crippen LogP contribution in [0.15, 0.2) is 12.2 Å². The largest absolute Gasteiger partial charge is 0.299 e. The minimum atomic E-state index is 0.463. The summed E-state index contributed by atoms with van der Waals surface area (Å²) in [7, 11) is 0. The van der Waals surface area contributed by atoms with Gasteiger partial charge >= 0.3 is 0 Å². The van der Waals surface area contributed by atoms with Crippen LogP contribution >= 0.6 is 0 Å². The Morgan fingerprint density at radius 3 is 2.75 bits per heavy atom. The number of rotatable bonds is 0. The molecule has 3 aliphatic carbocycles. The lowest BCUT2D eigenvalue weighted by Gasteiger charge is -2.31. The number of hydrogen-bond donors (Lipinski definition) is 0. The van der Waals surface area contributed by atoms with Gasteiger partial charge < -0.3 is 0 Å². The molecular weight excluding hydrogens is 148 g/mol. The number of fused-ring (bicyclic) bond motifs is 5. The van der Waals surface area contributed by atoms with Crippen molar-refractivity contribution in [1.82, 2.24) is 0 Å². The van der Waals surface area contributed by atoms with E-state index in [1.54, 1.807) is 0 Å². The molecule has 3 rings (SSSR count). The highest BCUT2D eigenvalue weighted by Gasteiger charge is 2.51. The normalized spacial score (nSPS) is 49.8. The zero-order valence-corrected chi connectivity index (χ0v) is 7.20. The van der Waals surface area contributed by atoms with Crippen molar-refractivity contribution in [3.8, 4) is 0 Å². The summed E-state index contributed by atoms with van der Waals surface area (Å²) in [6.45, 7) is 0. The Labute approximate surface area is 72.8 Å². The van der Waals surface area contributed by atoms with Gasteiger partial charge in [-0.2, -0.15) is 0 Å². The predicted molar refractivity (Wildman–Crippen MR) is 46.6 cm³/mol. The monoisotopic (exact) mass is 162 g/mol. The first kappa shape index (κ1) is 6.88. The third-order valence-corrected chi connectivity index (χ3v) is 4.09. The van der Waals surface area contributed by atoms with Crippen molar-refractivity contribution in [2.45, 2.75) is 25.7 Å². The van der Waals surface area contributed by atoms with E-state index < -0.39 is 0 Å². The van der Waals surface area contributed by atoms with Gasteiger partial charge in [0.25, 0.3) is 0 Å². The molecule has 0 heterocycles. The summed E-state index contributed by atoms with van der Waals surface area (Å²) < 4.78 is 0. The van der Waals surface area contributed by atoms with Crippen LogP contribution in [0.3, 0.4) is 0 Å². The van der Waals surface area contributed by atoms with Gasteiger partial charge in [0.05, 0.1) is 0 Å². The zero-order valence-electron chi connectivity index (χ0n) is 7.20. The van der Waals surface area contributed by atoms with E-state index in [9.17, 15) is 4.79 Å². The fraction of sp³-hybridized carbons (Fsp3) is 0.727. The summed E-state index contributed by atoms with van der Waals surface area (Å²) in [5.41, 5.74) is 0. The number of Topliss-reactive ketones (excluding diaryl/α,β-unsaturated/α-hetero) is 1. The number of allylic oxidation sites excluding steroid dienone is 2. The first-order valence-electron chi connectivity index (χ1n) is 5.04. The van der Waals surface area contributed by atoms with Gasteiger partial charge in [-0.3, -0.25) is 4.79 Å². The Hall–Kier alpha value is -0.590. The van der Waals surface area contributed by atoms with Gasteiger partial charge in [-0.05, 0) is 37.0 Å². The van der Waals surface area contributed by atoms with Crippen LogP contribution < -0.4 is 0 Å². The van der Waals surface area contributed by atoms with Gasteiger partial charge in [0, 0.05) is 12.3 Å². The Morgan fingerprint density at radius 2 is 1.92 bits per heavy atom. The topological polar surface area (TPSA) is 17.1 Å². The molecule has 4 atom stereocenters. The molecule has 0 aromatic heterocycles. The Bertz CT molecular complexity index is 254. The minimum Gasteiger partial charge on any atom is -0.299 e. The van der Waals surface area contributed by atoms with E-state index in [0.717, 1.165) is 24.2 Å². The molecule has 0 radical (unpaired) electrons. The SMILES string of the molecule is O=C1C[C@H]2C[C@@H]1[C@@H]1CC=CC[C@H]21. The lowest BCUT2D eigenvalue weighted by molar-refractivity contribution is -0.124. The second kappa shape index (κ2) is 2.21. The highest BCUT2D eigenvalue weighted by molar-refractivity contribution is 5.85. The fourth-order valence-corrected chi connectivity index (χ4v) is 3.55. The molecule has 64 valence electrons. The maximum absolute atomic E-state index is 11.5. The highest BCUT2D eigenvalue weighted by Crippen LogP contribution is 2.54. The maximum atomic E-state index is 11.5. The van der Waals surface area contributed by atoms with Crippen LogP contribution in [0.25, 0.3) is 0 Å². The Kier molecular flexibility index (Phi) is 1.27. The summed E-state index contributed by atoms with van der Waals surface area (Å²) in [5, 5.41) is 0. The van der Waals surface area contributed by atoms with Crippen molar-refractivity contribution in [2.24, 2.45) is 23.7 Å². The first-order chi connectivity index (χ1) is 5.86. The van der Waals surface area contributed by atoms with Crippen LogP contribution in [0.1, 0.15) is 25.7 Å². The van der Waals surface area contributed by atoms with Crippen molar-refractivity contribution < 1.29 is 4.79 Å². The molecule has 2 saturated carbocycles. The molecule has 12 heavy (non-hydrogen) atoms. The summed E-state index contributed by atoms with van der Waals surface area (Å²) in [6.07, 6.45) is 9.13. The van der Waals surface area contributed by atoms with Crippen molar-refractivity contribution in [2.75, 3.05) is 0 Å². The Balaban J connectivity index is 1.94. The smallest absolute Gasteiger partial charge is 0.136 e. The molecule has 0 aliphatic heterocycles. The molecule has 0 spiro atoms. The molecule has 2 fully saturated rings. The Morgan fingerprint density at radius 1 is 1.17 bits per heavy atom. The quantitative estimate of drug-likeness (QED) is 0.499. The van der Waals surface area contributed by atoms with E-state index >= 15 is 0 Å². The summed E-state index contributed by atoms with van der Waals surface area (Å²) in [6, 6.07) is 0. The molecule has 0 aromatic rings. The van der Waals surface area contributed by atoms with E-state index in [-0.39, 0.29) is 0 Å². The van der Waals surface area contributed by atoms with E-state index in [4.69, 9.17) is 0 Å². The van der Waals surface area contributed by atoms with Crippen molar-refractivity contribution in [3.05, 3.63) is 12.2 Å². The fourth-order valence-electron chi connectivity index (χ4n) is 3.55. The summed E-state index contributed by atoms with van der Waals surface area (Å²) in [5.74, 6) is 3.40. The van der Waals surface area contributed by atoms with Crippen LogP contribution in [0.4, 0.5) is 0 Å². The number of hydrogen-bond acceptors (Lipinski definition) is 1. The van der Waals surface area contributed by atoms with Crippen molar-refractivity contribution >= 4 is 5.78 Å².